The number of hydrogen-bond donors (Lipinski definition) is 2. The third kappa shape index (κ3) is 4.06. The molecule has 8 heteroatoms. The predicted molar refractivity (Wildman–Crippen MR) is 100 cm³/mol. The predicted octanol–water partition coefficient (Wildman–Crippen LogP) is 4.35. The fraction of sp³-hybridized carbons (Fsp3) is 0.158. The monoisotopic (exact) mass is 379 g/mol. The van der Waals surface area contributed by atoms with E-state index < -0.39 is 12.1 Å². The summed E-state index contributed by atoms with van der Waals surface area (Å²) in [6.07, 6.45) is -0.835. The SMILES string of the molecule is [C-]#[N+]c1ccc(N[C@@H](c2nnc(-c3ccc(C#N)cc3)o2)[C@@H](C)O)cc1Cl. The number of halogens is 1. The highest BCUT2D eigenvalue weighted by atomic mass is 35.5. The number of nitriles is 1. The molecule has 1 heterocycles. The van der Waals surface area contributed by atoms with Crippen LogP contribution in [0.1, 0.15) is 24.4 Å². The Morgan fingerprint density at radius 3 is 2.59 bits per heavy atom. The second-order valence-corrected chi connectivity index (χ2v) is 6.18. The number of aromatic nitrogens is 2. The Balaban J connectivity index is 1.85. The van der Waals surface area contributed by atoms with Gasteiger partial charge in [-0.15, -0.1) is 10.2 Å². The van der Waals surface area contributed by atoms with Crippen LogP contribution in [0, 0.1) is 17.9 Å². The molecule has 0 fully saturated rings. The van der Waals surface area contributed by atoms with Crippen LogP contribution < -0.4 is 5.32 Å². The van der Waals surface area contributed by atoms with Gasteiger partial charge in [-0.25, -0.2) is 4.85 Å². The summed E-state index contributed by atoms with van der Waals surface area (Å²) in [6.45, 7) is 8.63. The highest BCUT2D eigenvalue weighted by Crippen LogP contribution is 2.31. The summed E-state index contributed by atoms with van der Waals surface area (Å²) in [4.78, 5) is 3.31. The van der Waals surface area contributed by atoms with E-state index in [0.29, 0.717) is 27.5 Å². The van der Waals surface area contributed by atoms with Crippen molar-refractivity contribution in [1.29, 1.82) is 5.26 Å². The van der Waals surface area contributed by atoms with Crippen LogP contribution in [-0.4, -0.2) is 21.4 Å². The Bertz CT molecular complexity index is 1030. The van der Waals surface area contributed by atoms with Crippen molar-refractivity contribution in [2.45, 2.75) is 19.1 Å². The summed E-state index contributed by atoms with van der Waals surface area (Å²) >= 11 is 6.06. The summed E-state index contributed by atoms with van der Waals surface area (Å²) < 4.78 is 5.70. The molecule has 0 aliphatic heterocycles. The maximum atomic E-state index is 10.1. The number of nitrogens with one attached hydrogen (secondary N) is 1. The van der Waals surface area contributed by atoms with Gasteiger partial charge in [0.25, 0.3) is 0 Å². The molecule has 1 aromatic heterocycles. The summed E-state index contributed by atoms with van der Waals surface area (Å²) in [5, 5.41) is 30.4. The lowest BCUT2D eigenvalue weighted by molar-refractivity contribution is 0.160. The molecule has 7 nitrogen and oxygen atoms in total. The van der Waals surface area contributed by atoms with Crippen LogP contribution in [0.3, 0.4) is 0 Å². The quantitative estimate of drug-likeness (QED) is 0.639. The lowest BCUT2D eigenvalue weighted by Gasteiger charge is -2.19. The van der Waals surface area contributed by atoms with Crippen molar-refractivity contribution >= 4 is 23.0 Å². The first-order chi connectivity index (χ1) is 13.0. The van der Waals surface area contributed by atoms with Gasteiger partial charge in [-0.3, -0.25) is 0 Å². The summed E-state index contributed by atoms with van der Waals surface area (Å²) in [5.74, 6) is 0.484. The van der Waals surface area contributed by atoms with Gasteiger partial charge in [0.15, 0.2) is 0 Å². The Morgan fingerprint density at radius 1 is 1.26 bits per heavy atom. The first kappa shape index (κ1) is 18.4. The smallest absolute Gasteiger partial charge is 0.247 e. The Morgan fingerprint density at radius 2 is 2.00 bits per heavy atom. The second kappa shape index (κ2) is 7.88. The van der Waals surface area contributed by atoms with Crippen LogP contribution >= 0.6 is 11.6 Å². The molecule has 0 spiro atoms. The molecule has 0 radical (unpaired) electrons. The van der Waals surface area contributed by atoms with Crippen LogP contribution in [-0.2, 0) is 0 Å². The number of aliphatic hydroxyl groups is 1. The minimum absolute atomic E-state index is 0.203. The van der Waals surface area contributed by atoms with Crippen molar-refractivity contribution in [3.8, 4) is 17.5 Å². The molecule has 0 bridgehead atoms. The average Bonchev–Trinajstić information content (AvgIpc) is 3.16. The summed E-state index contributed by atoms with van der Waals surface area (Å²) in [6, 6.07) is 13.0. The topological polar surface area (TPSA) is 99.3 Å². The molecule has 0 amide bonds. The normalized spacial score (nSPS) is 12.6. The standard InChI is InChI=1S/C19H14ClN5O2/c1-11(26)17(23-14-7-8-16(22-2)15(20)9-14)19-25-24-18(27-19)13-5-3-12(10-21)4-6-13/h3-9,11,17,23,26H,1H3/t11-,17-/m1/s1. The lowest BCUT2D eigenvalue weighted by atomic mass is 10.1. The molecule has 0 aliphatic carbocycles. The van der Waals surface area contributed by atoms with E-state index in [-0.39, 0.29) is 11.8 Å². The number of nitrogens with zero attached hydrogens (tertiary/aromatic N) is 4. The van der Waals surface area contributed by atoms with Crippen LogP contribution in [0.2, 0.25) is 5.02 Å². The Kier molecular flexibility index (Phi) is 5.37. The molecule has 0 saturated heterocycles. The summed E-state index contributed by atoms with van der Waals surface area (Å²) in [5.41, 5.74) is 2.15. The zero-order valence-corrected chi connectivity index (χ0v) is 15.0. The average molecular weight is 380 g/mol. The van der Waals surface area contributed by atoms with Gasteiger partial charge in [-0.05, 0) is 43.3 Å². The molecule has 0 unspecified atom stereocenters. The molecule has 2 N–H and O–H groups in total. The van der Waals surface area contributed by atoms with E-state index in [4.69, 9.17) is 27.9 Å². The van der Waals surface area contributed by atoms with E-state index in [1.54, 1.807) is 49.4 Å². The number of anilines is 1. The molecular formula is C19H14ClN5O2. The largest absolute Gasteiger partial charge is 0.418 e. The molecular weight excluding hydrogens is 366 g/mol. The third-order valence-electron chi connectivity index (χ3n) is 3.84. The highest BCUT2D eigenvalue weighted by Gasteiger charge is 2.24. The van der Waals surface area contributed by atoms with E-state index in [1.165, 1.54) is 0 Å². The van der Waals surface area contributed by atoms with Crippen LogP contribution in [0.15, 0.2) is 46.9 Å². The van der Waals surface area contributed by atoms with Crippen molar-refractivity contribution < 1.29 is 9.52 Å². The molecule has 0 saturated carbocycles. The minimum atomic E-state index is -0.835. The maximum absolute atomic E-state index is 10.1. The molecule has 0 aliphatic rings. The zero-order valence-electron chi connectivity index (χ0n) is 14.2. The first-order valence-corrected chi connectivity index (χ1v) is 8.35. The number of hydrogen-bond acceptors (Lipinski definition) is 6. The Hall–Kier alpha value is -3.39. The molecule has 2 atom stereocenters. The molecule has 3 rings (SSSR count). The molecule has 134 valence electrons. The number of aliphatic hydroxyl groups excluding tert-OH is 1. The number of rotatable bonds is 5. The first-order valence-electron chi connectivity index (χ1n) is 7.97. The van der Waals surface area contributed by atoms with Gasteiger partial charge in [-0.2, -0.15) is 5.26 Å². The van der Waals surface area contributed by atoms with Gasteiger partial charge in [0.1, 0.15) is 6.04 Å². The van der Waals surface area contributed by atoms with E-state index in [1.807, 2.05) is 6.07 Å². The van der Waals surface area contributed by atoms with Crippen molar-refractivity contribution in [3.63, 3.8) is 0 Å². The fourth-order valence-electron chi connectivity index (χ4n) is 2.42. The van der Waals surface area contributed by atoms with Gasteiger partial charge in [-0.1, -0.05) is 17.7 Å². The van der Waals surface area contributed by atoms with Gasteiger partial charge in [0, 0.05) is 16.3 Å². The maximum Gasteiger partial charge on any atom is 0.247 e. The van der Waals surface area contributed by atoms with E-state index in [0.717, 1.165) is 0 Å². The molecule has 3 aromatic rings. The van der Waals surface area contributed by atoms with Gasteiger partial charge < -0.3 is 14.8 Å². The zero-order chi connectivity index (χ0) is 19.4. The van der Waals surface area contributed by atoms with E-state index >= 15 is 0 Å². The second-order valence-electron chi connectivity index (χ2n) is 5.78. The van der Waals surface area contributed by atoms with Crippen LogP contribution in [0.5, 0.6) is 0 Å². The van der Waals surface area contributed by atoms with Crippen molar-refractivity contribution in [2.24, 2.45) is 0 Å². The number of benzene rings is 2. The van der Waals surface area contributed by atoms with Crippen LogP contribution in [0.4, 0.5) is 11.4 Å². The molecule has 27 heavy (non-hydrogen) atoms. The van der Waals surface area contributed by atoms with Gasteiger partial charge in [0.2, 0.25) is 17.5 Å². The van der Waals surface area contributed by atoms with Crippen molar-refractivity contribution in [2.75, 3.05) is 5.32 Å². The molecule has 2 aromatic carbocycles. The fourth-order valence-corrected chi connectivity index (χ4v) is 2.64. The van der Waals surface area contributed by atoms with Crippen LogP contribution in [0.25, 0.3) is 16.3 Å². The lowest BCUT2D eigenvalue weighted by Crippen LogP contribution is -2.23. The third-order valence-corrected chi connectivity index (χ3v) is 4.14. The van der Waals surface area contributed by atoms with Crippen molar-refractivity contribution in [1.82, 2.24) is 10.2 Å². The van der Waals surface area contributed by atoms with E-state index in [2.05, 4.69) is 20.4 Å². The minimum Gasteiger partial charge on any atom is -0.418 e. The van der Waals surface area contributed by atoms with Crippen molar-refractivity contribution in [3.05, 3.63) is 70.4 Å². The summed E-state index contributed by atoms with van der Waals surface area (Å²) in [7, 11) is 0. The van der Waals surface area contributed by atoms with Gasteiger partial charge >= 0.3 is 0 Å². The Labute approximate surface area is 160 Å². The van der Waals surface area contributed by atoms with E-state index in [9.17, 15) is 5.11 Å². The van der Waals surface area contributed by atoms with Gasteiger partial charge in [0.05, 0.1) is 24.3 Å². The highest BCUT2D eigenvalue weighted by molar-refractivity contribution is 6.33.